The molecule has 2 N–H and O–H groups in total. The average molecular weight is 457 g/mol. The number of rotatable bonds is 5. The highest BCUT2D eigenvalue weighted by atomic mass is 32.2. The van der Waals surface area contributed by atoms with Crippen molar-refractivity contribution >= 4 is 32.0 Å². The number of nitrogens with zero attached hydrogens (tertiary/aromatic N) is 4. The van der Waals surface area contributed by atoms with E-state index in [2.05, 4.69) is 20.3 Å². The highest BCUT2D eigenvalue weighted by molar-refractivity contribution is 7.93. The molecule has 1 aliphatic heterocycles. The summed E-state index contributed by atoms with van der Waals surface area (Å²) in [6, 6.07) is 2.49. The summed E-state index contributed by atoms with van der Waals surface area (Å²) in [6.07, 6.45) is 0. The molecule has 0 bridgehead atoms. The van der Waals surface area contributed by atoms with E-state index in [9.17, 15) is 21.6 Å². The van der Waals surface area contributed by atoms with Crippen LogP contribution in [0.1, 0.15) is 25.2 Å². The molecular formula is C16H20N6O6S2. The van der Waals surface area contributed by atoms with Crippen molar-refractivity contribution < 1.29 is 26.4 Å². The standard InChI is InChI=1S/C16H20N6O6S2/c1-9(2)22-8-11-6-5-7-12(13(11)30(22,26)27)29(24,25)21-15(23)19-14-17-10(3)18-16(20-14)28-4/h5-7,9H,8H2,1-4H3,(H2,17,18,19,20,21,23). The summed E-state index contributed by atoms with van der Waals surface area (Å²) in [5.74, 6) is 0.00435. The third-order valence-electron chi connectivity index (χ3n) is 4.18. The van der Waals surface area contributed by atoms with E-state index in [1.54, 1.807) is 18.6 Å². The van der Waals surface area contributed by atoms with Crippen LogP contribution < -0.4 is 14.8 Å². The van der Waals surface area contributed by atoms with Crippen molar-refractivity contribution in [3.63, 3.8) is 0 Å². The van der Waals surface area contributed by atoms with Gasteiger partial charge >= 0.3 is 12.0 Å². The van der Waals surface area contributed by atoms with Crippen molar-refractivity contribution in [2.45, 2.75) is 43.1 Å². The van der Waals surface area contributed by atoms with Crippen LogP contribution in [-0.2, 0) is 26.6 Å². The molecule has 2 aromatic rings. The maximum absolute atomic E-state index is 12.9. The van der Waals surface area contributed by atoms with Crippen LogP contribution in [0.4, 0.5) is 10.7 Å². The summed E-state index contributed by atoms with van der Waals surface area (Å²) < 4.78 is 59.2. The van der Waals surface area contributed by atoms with Crippen LogP contribution in [0.15, 0.2) is 28.0 Å². The number of aryl methyl sites for hydroxylation is 1. The Morgan fingerprint density at radius 2 is 1.93 bits per heavy atom. The van der Waals surface area contributed by atoms with Crippen LogP contribution in [0.5, 0.6) is 6.01 Å². The number of carbonyl (C=O) groups excluding carboxylic acids is 1. The molecule has 2 heterocycles. The van der Waals surface area contributed by atoms with Gasteiger partial charge in [-0.1, -0.05) is 12.1 Å². The second kappa shape index (κ2) is 7.77. The molecule has 3 rings (SSSR count). The minimum atomic E-state index is -4.52. The Labute approximate surface area is 173 Å². The first kappa shape index (κ1) is 21.9. The van der Waals surface area contributed by atoms with E-state index in [0.29, 0.717) is 5.56 Å². The second-order valence-corrected chi connectivity index (χ2v) is 10.1. The van der Waals surface area contributed by atoms with Crippen molar-refractivity contribution in [1.29, 1.82) is 0 Å². The van der Waals surface area contributed by atoms with E-state index >= 15 is 0 Å². The van der Waals surface area contributed by atoms with Gasteiger partial charge in [0.05, 0.1) is 7.11 Å². The fourth-order valence-corrected chi connectivity index (χ4v) is 6.50. The summed E-state index contributed by atoms with van der Waals surface area (Å²) in [6.45, 7) is 4.96. The summed E-state index contributed by atoms with van der Waals surface area (Å²) in [4.78, 5) is 22.9. The zero-order valence-corrected chi connectivity index (χ0v) is 18.2. The number of ether oxygens (including phenoxy) is 1. The number of carbonyl (C=O) groups is 1. The predicted molar refractivity (Wildman–Crippen MR) is 105 cm³/mol. The van der Waals surface area contributed by atoms with E-state index < -0.39 is 31.0 Å². The first-order chi connectivity index (χ1) is 14.0. The smallest absolute Gasteiger partial charge is 0.335 e. The fourth-order valence-electron chi connectivity index (χ4n) is 2.93. The van der Waals surface area contributed by atoms with Crippen molar-refractivity contribution in [3.05, 3.63) is 29.6 Å². The Hall–Kier alpha value is -2.84. The molecule has 0 fully saturated rings. The van der Waals surface area contributed by atoms with Crippen molar-refractivity contribution in [2.75, 3.05) is 12.4 Å². The summed E-state index contributed by atoms with van der Waals surface area (Å²) in [5, 5.41) is 2.17. The quantitative estimate of drug-likeness (QED) is 0.657. The average Bonchev–Trinajstić information content (AvgIpc) is 2.91. The third-order valence-corrected chi connectivity index (χ3v) is 7.85. The van der Waals surface area contributed by atoms with Crippen molar-refractivity contribution in [1.82, 2.24) is 24.0 Å². The Morgan fingerprint density at radius 3 is 2.57 bits per heavy atom. The molecule has 1 aliphatic rings. The SMILES string of the molecule is COc1nc(C)nc(NC(=O)NS(=O)(=O)c2cccc3c2S(=O)(=O)N(C(C)C)C3)n1. The van der Waals surface area contributed by atoms with Crippen LogP contribution in [-0.4, -0.2) is 55.3 Å². The molecule has 14 heteroatoms. The summed E-state index contributed by atoms with van der Waals surface area (Å²) in [7, 11) is -7.24. The lowest BCUT2D eigenvalue weighted by Crippen LogP contribution is -2.36. The molecule has 0 radical (unpaired) electrons. The minimum Gasteiger partial charge on any atom is -0.467 e. The maximum atomic E-state index is 12.9. The van der Waals surface area contributed by atoms with Gasteiger partial charge in [-0.25, -0.2) is 26.4 Å². The molecule has 162 valence electrons. The Morgan fingerprint density at radius 1 is 1.23 bits per heavy atom. The van der Waals surface area contributed by atoms with Gasteiger partial charge in [0.15, 0.2) is 0 Å². The topological polar surface area (TPSA) is 161 Å². The summed E-state index contributed by atoms with van der Waals surface area (Å²) in [5.41, 5.74) is 0.338. The van der Waals surface area contributed by atoms with Gasteiger partial charge in [-0.15, -0.1) is 0 Å². The molecule has 0 saturated heterocycles. The molecule has 0 aliphatic carbocycles. The number of sulfonamides is 2. The van der Waals surface area contributed by atoms with Gasteiger partial charge in [-0.2, -0.15) is 19.3 Å². The molecule has 1 aromatic carbocycles. The Balaban J connectivity index is 1.91. The lowest BCUT2D eigenvalue weighted by molar-refractivity contribution is 0.256. The van der Waals surface area contributed by atoms with Crippen molar-refractivity contribution in [3.8, 4) is 6.01 Å². The van der Waals surface area contributed by atoms with E-state index in [1.807, 2.05) is 0 Å². The fraction of sp³-hybridized carbons (Fsp3) is 0.375. The molecule has 0 atom stereocenters. The monoisotopic (exact) mass is 456 g/mol. The maximum Gasteiger partial charge on any atom is 0.335 e. The molecule has 30 heavy (non-hydrogen) atoms. The number of nitrogens with one attached hydrogen (secondary N) is 2. The Bertz CT molecular complexity index is 1210. The number of hydrogen-bond donors (Lipinski definition) is 2. The number of hydrogen-bond acceptors (Lipinski definition) is 9. The predicted octanol–water partition coefficient (Wildman–Crippen LogP) is 0.612. The van der Waals surface area contributed by atoms with Gasteiger partial charge in [0.25, 0.3) is 10.0 Å². The number of aromatic nitrogens is 3. The van der Waals surface area contributed by atoms with E-state index in [1.165, 1.54) is 30.5 Å². The first-order valence-electron chi connectivity index (χ1n) is 8.70. The highest BCUT2D eigenvalue weighted by Crippen LogP contribution is 2.36. The second-order valence-electron chi connectivity index (χ2n) is 6.64. The summed E-state index contributed by atoms with van der Waals surface area (Å²) >= 11 is 0. The zero-order valence-electron chi connectivity index (χ0n) is 16.6. The van der Waals surface area contributed by atoms with Gasteiger partial charge < -0.3 is 4.74 Å². The number of anilines is 1. The molecule has 1 aromatic heterocycles. The number of methoxy groups -OCH3 is 1. The van der Waals surface area contributed by atoms with E-state index in [-0.39, 0.29) is 35.3 Å². The number of urea groups is 1. The van der Waals surface area contributed by atoms with Gasteiger partial charge in [-0.3, -0.25) is 5.32 Å². The first-order valence-corrected chi connectivity index (χ1v) is 11.6. The highest BCUT2D eigenvalue weighted by Gasteiger charge is 2.41. The molecule has 0 spiro atoms. The van der Waals surface area contributed by atoms with Crippen LogP contribution in [0.2, 0.25) is 0 Å². The molecule has 0 saturated carbocycles. The third kappa shape index (κ3) is 4.06. The molecule has 2 amide bonds. The van der Waals surface area contributed by atoms with Crippen LogP contribution in [0.3, 0.4) is 0 Å². The number of benzene rings is 1. The van der Waals surface area contributed by atoms with Gasteiger partial charge in [0.1, 0.15) is 15.6 Å². The van der Waals surface area contributed by atoms with E-state index in [4.69, 9.17) is 4.74 Å². The van der Waals surface area contributed by atoms with E-state index in [0.717, 1.165) is 6.07 Å². The minimum absolute atomic E-state index is 0.0504. The van der Waals surface area contributed by atoms with Crippen LogP contribution in [0.25, 0.3) is 0 Å². The number of fused-ring (bicyclic) bond motifs is 1. The van der Waals surface area contributed by atoms with Gasteiger partial charge in [0.2, 0.25) is 16.0 Å². The van der Waals surface area contributed by atoms with Gasteiger partial charge in [0, 0.05) is 12.6 Å². The normalized spacial score (nSPS) is 15.6. The number of amides is 2. The lowest BCUT2D eigenvalue weighted by Gasteiger charge is -2.19. The van der Waals surface area contributed by atoms with Gasteiger partial charge in [-0.05, 0) is 32.4 Å². The molecule has 12 nitrogen and oxygen atoms in total. The van der Waals surface area contributed by atoms with Crippen molar-refractivity contribution in [2.24, 2.45) is 0 Å². The van der Waals surface area contributed by atoms with Crippen LogP contribution in [0, 0.1) is 6.92 Å². The molecule has 0 unspecified atom stereocenters. The largest absolute Gasteiger partial charge is 0.467 e. The van der Waals surface area contributed by atoms with Crippen LogP contribution >= 0.6 is 0 Å². The lowest BCUT2D eigenvalue weighted by atomic mass is 10.2. The molecular weight excluding hydrogens is 436 g/mol. The zero-order chi connectivity index (χ0) is 22.3. The Kier molecular flexibility index (Phi) is 5.66.